The smallest absolute Gasteiger partial charge is 0.161 e. The molecular formula is C15H13O2. The molecule has 3 rings (SSSR count). The Morgan fingerprint density at radius 2 is 1.82 bits per heavy atom. The van der Waals surface area contributed by atoms with Gasteiger partial charge < -0.3 is 9.47 Å². The van der Waals surface area contributed by atoms with Gasteiger partial charge in [-0.3, -0.25) is 0 Å². The molecule has 85 valence electrons. The SMILES string of the molecule is [c]1cccc(-c2ccc3c(c2)OCCCO3)c1. The number of fused-ring (bicyclic) bond motifs is 1. The minimum absolute atomic E-state index is 0.720. The van der Waals surface area contributed by atoms with Gasteiger partial charge in [-0.1, -0.05) is 24.3 Å². The Morgan fingerprint density at radius 1 is 0.941 bits per heavy atom. The maximum Gasteiger partial charge on any atom is 0.161 e. The number of rotatable bonds is 1. The van der Waals surface area contributed by atoms with Crippen LogP contribution in [0.1, 0.15) is 6.42 Å². The van der Waals surface area contributed by atoms with Crippen LogP contribution in [0.4, 0.5) is 0 Å². The number of hydrogen-bond donors (Lipinski definition) is 0. The molecule has 0 saturated carbocycles. The van der Waals surface area contributed by atoms with E-state index in [0.717, 1.165) is 42.3 Å². The molecule has 0 unspecified atom stereocenters. The lowest BCUT2D eigenvalue weighted by Gasteiger charge is -2.09. The normalized spacial score (nSPS) is 14.1. The van der Waals surface area contributed by atoms with E-state index < -0.39 is 0 Å². The first-order valence-corrected chi connectivity index (χ1v) is 5.79. The highest BCUT2D eigenvalue weighted by atomic mass is 16.5. The van der Waals surface area contributed by atoms with Crippen molar-refractivity contribution in [3.8, 4) is 22.6 Å². The highest BCUT2D eigenvalue weighted by Crippen LogP contribution is 2.33. The van der Waals surface area contributed by atoms with E-state index in [4.69, 9.17) is 9.47 Å². The van der Waals surface area contributed by atoms with Crippen molar-refractivity contribution in [3.05, 3.63) is 48.5 Å². The van der Waals surface area contributed by atoms with Gasteiger partial charge in [0.1, 0.15) is 0 Å². The predicted octanol–water partition coefficient (Wildman–Crippen LogP) is 3.32. The van der Waals surface area contributed by atoms with Crippen LogP contribution in [0.15, 0.2) is 42.5 Å². The summed E-state index contributed by atoms with van der Waals surface area (Å²) in [5.74, 6) is 1.68. The molecule has 0 amide bonds. The maximum absolute atomic E-state index is 5.68. The zero-order valence-electron chi connectivity index (χ0n) is 9.48. The zero-order valence-corrected chi connectivity index (χ0v) is 9.48. The van der Waals surface area contributed by atoms with Crippen LogP contribution in [-0.4, -0.2) is 13.2 Å². The second-order valence-electron chi connectivity index (χ2n) is 4.00. The lowest BCUT2D eigenvalue weighted by Crippen LogP contribution is -1.97. The summed E-state index contributed by atoms with van der Waals surface area (Å²) in [5, 5.41) is 0. The van der Waals surface area contributed by atoms with Crippen molar-refractivity contribution in [3.63, 3.8) is 0 Å². The van der Waals surface area contributed by atoms with Crippen molar-refractivity contribution < 1.29 is 9.47 Å². The van der Waals surface area contributed by atoms with Crippen molar-refractivity contribution >= 4 is 0 Å². The summed E-state index contributed by atoms with van der Waals surface area (Å²) >= 11 is 0. The van der Waals surface area contributed by atoms with Gasteiger partial charge in [-0.2, -0.15) is 0 Å². The van der Waals surface area contributed by atoms with Crippen molar-refractivity contribution in [2.75, 3.05) is 13.2 Å². The van der Waals surface area contributed by atoms with Crippen LogP contribution in [-0.2, 0) is 0 Å². The first-order chi connectivity index (χ1) is 8.43. The quantitative estimate of drug-likeness (QED) is 0.741. The van der Waals surface area contributed by atoms with Crippen LogP contribution < -0.4 is 9.47 Å². The standard InChI is InChI=1S/C15H13O2/c1-2-5-12(6-3-1)13-7-8-14-15(11-13)17-10-4-9-16-14/h1-2,5-8,11H,4,9-10H2. The van der Waals surface area contributed by atoms with Gasteiger partial charge in [-0.05, 0) is 35.4 Å². The molecule has 0 saturated heterocycles. The van der Waals surface area contributed by atoms with Crippen LogP contribution in [0.25, 0.3) is 11.1 Å². The Bertz CT molecular complexity index is 506. The minimum Gasteiger partial charge on any atom is -0.490 e. The first kappa shape index (κ1) is 10.2. The van der Waals surface area contributed by atoms with E-state index >= 15 is 0 Å². The Morgan fingerprint density at radius 3 is 2.65 bits per heavy atom. The highest BCUT2D eigenvalue weighted by Gasteiger charge is 2.10. The van der Waals surface area contributed by atoms with Gasteiger partial charge in [-0.25, -0.2) is 0 Å². The van der Waals surface area contributed by atoms with Crippen molar-refractivity contribution in [1.29, 1.82) is 0 Å². The molecule has 1 aliphatic rings. The third-order valence-electron chi connectivity index (χ3n) is 2.79. The molecule has 2 aromatic carbocycles. The Hall–Kier alpha value is -1.96. The van der Waals surface area contributed by atoms with E-state index in [0.29, 0.717) is 0 Å². The molecule has 2 heteroatoms. The van der Waals surface area contributed by atoms with E-state index in [-0.39, 0.29) is 0 Å². The lowest BCUT2D eigenvalue weighted by atomic mass is 10.1. The number of hydrogen-bond acceptors (Lipinski definition) is 2. The van der Waals surface area contributed by atoms with Gasteiger partial charge in [0.05, 0.1) is 13.2 Å². The average molecular weight is 225 g/mol. The molecule has 1 heterocycles. The summed E-state index contributed by atoms with van der Waals surface area (Å²) in [7, 11) is 0. The molecule has 0 atom stereocenters. The summed E-state index contributed by atoms with van der Waals surface area (Å²) in [5.41, 5.74) is 2.27. The van der Waals surface area contributed by atoms with Crippen molar-refractivity contribution in [1.82, 2.24) is 0 Å². The van der Waals surface area contributed by atoms with Gasteiger partial charge in [0.15, 0.2) is 11.5 Å². The third kappa shape index (κ3) is 2.11. The fourth-order valence-corrected chi connectivity index (χ4v) is 1.92. The van der Waals surface area contributed by atoms with Crippen LogP contribution in [0.5, 0.6) is 11.5 Å². The Kier molecular flexibility index (Phi) is 2.70. The Labute approximate surface area is 101 Å². The molecular weight excluding hydrogens is 212 g/mol. The highest BCUT2D eigenvalue weighted by molar-refractivity contribution is 5.67. The molecule has 1 aliphatic heterocycles. The molecule has 0 N–H and O–H groups in total. The first-order valence-electron chi connectivity index (χ1n) is 5.79. The van der Waals surface area contributed by atoms with Gasteiger partial charge in [0.25, 0.3) is 0 Å². The second-order valence-corrected chi connectivity index (χ2v) is 4.00. The summed E-state index contributed by atoms with van der Waals surface area (Å²) in [4.78, 5) is 0. The van der Waals surface area contributed by atoms with E-state index in [9.17, 15) is 0 Å². The molecule has 17 heavy (non-hydrogen) atoms. The number of benzene rings is 2. The minimum atomic E-state index is 0.720. The summed E-state index contributed by atoms with van der Waals surface area (Å²) in [6.07, 6.45) is 0.934. The summed E-state index contributed by atoms with van der Waals surface area (Å²) in [6, 6.07) is 17.1. The zero-order chi connectivity index (χ0) is 11.5. The molecule has 0 fully saturated rings. The third-order valence-corrected chi connectivity index (χ3v) is 2.79. The maximum atomic E-state index is 5.68. The summed E-state index contributed by atoms with van der Waals surface area (Å²) < 4.78 is 11.3. The van der Waals surface area contributed by atoms with Gasteiger partial charge in [0, 0.05) is 6.42 Å². The molecule has 2 nitrogen and oxygen atoms in total. The van der Waals surface area contributed by atoms with Gasteiger partial charge in [0.2, 0.25) is 0 Å². The molecule has 1 radical (unpaired) electrons. The van der Waals surface area contributed by atoms with Gasteiger partial charge >= 0.3 is 0 Å². The fourth-order valence-electron chi connectivity index (χ4n) is 1.92. The van der Waals surface area contributed by atoms with Crippen LogP contribution >= 0.6 is 0 Å². The summed E-state index contributed by atoms with van der Waals surface area (Å²) in [6.45, 7) is 1.45. The fraction of sp³-hybridized carbons (Fsp3) is 0.200. The molecule has 2 aromatic rings. The predicted molar refractivity (Wildman–Crippen MR) is 66.3 cm³/mol. The van der Waals surface area contributed by atoms with Crippen molar-refractivity contribution in [2.24, 2.45) is 0 Å². The lowest BCUT2D eigenvalue weighted by molar-refractivity contribution is 0.297. The van der Waals surface area contributed by atoms with Crippen molar-refractivity contribution in [2.45, 2.75) is 6.42 Å². The van der Waals surface area contributed by atoms with Gasteiger partial charge in [-0.15, -0.1) is 0 Å². The van der Waals surface area contributed by atoms with E-state index in [1.165, 1.54) is 0 Å². The van der Waals surface area contributed by atoms with E-state index in [1.807, 2.05) is 30.3 Å². The molecule has 0 spiro atoms. The van der Waals surface area contributed by atoms with E-state index in [2.05, 4.69) is 18.2 Å². The van der Waals surface area contributed by atoms with E-state index in [1.54, 1.807) is 0 Å². The Balaban J connectivity index is 2.00. The molecule has 0 aliphatic carbocycles. The molecule has 0 bridgehead atoms. The van der Waals surface area contributed by atoms with Crippen LogP contribution in [0, 0.1) is 6.07 Å². The topological polar surface area (TPSA) is 18.5 Å². The van der Waals surface area contributed by atoms with Crippen LogP contribution in [0.2, 0.25) is 0 Å². The molecule has 0 aromatic heterocycles. The number of ether oxygens (including phenoxy) is 2. The monoisotopic (exact) mass is 225 g/mol. The average Bonchev–Trinajstić information content (AvgIpc) is 2.64. The van der Waals surface area contributed by atoms with Crippen LogP contribution in [0.3, 0.4) is 0 Å². The largest absolute Gasteiger partial charge is 0.490 e. The second kappa shape index (κ2) is 4.50.